The summed E-state index contributed by atoms with van der Waals surface area (Å²) in [6, 6.07) is 8.70. The van der Waals surface area contributed by atoms with Gasteiger partial charge in [-0.2, -0.15) is 0 Å². The molecule has 0 aliphatic heterocycles. The number of nitrogens with one attached hydrogen (secondary N) is 1. The lowest BCUT2D eigenvalue weighted by atomic mass is 10.2. The van der Waals surface area contributed by atoms with Gasteiger partial charge in [-0.05, 0) is 49.2 Å². The van der Waals surface area contributed by atoms with Crippen molar-refractivity contribution in [2.24, 2.45) is 0 Å². The fourth-order valence-electron chi connectivity index (χ4n) is 2.03. The van der Waals surface area contributed by atoms with E-state index in [1.165, 1.54) is 6.07 Å². The summed E-state index contributed by atoms with van der Waals surface area (Å²) in [5, 5.41) is 3.27. The third kappa shape index (κ3) is 4.26. The lowest BCUT2D eigenvalue weighted by Gasteiger charge is -2.10. The number of pyridine rings is 1. The Labute approximate surface area is 125 Å². The zero-order valence-electron chi connectivity index (χ0n) is 12.7. The second kappa shape index (κ2) is 7.18. The molecule has 1 aromatic carbocycles. The fraction of sp³-hybridized carbons (Fsp3) is 0.353. The number of hydrogen-bond donors (Lipinski definition) is 1. The topological polar surface area (TPSA) is 34.2 Å². The Kier molecular flexibility index (Phi) is 5.28. The van der Waals surface area contributed by atoms with E-state index in [1.807, 2.05) is 26.0 Å². The van der Waals surface area contributed by atoms with Gasteiger partial charge in [0.25, 0.3) is 0 Å². The molecule has 1 heterocycles. The van der Waals surface area contributed by atoms with Gasteiger partial charge in [0.05, 0.1) is 0 Å². The number of benzene rings is 1. The van der Waals surface area contributed by atoms with Gasteiger partial charge in [0, 0.05) is 18.3 Å². The molecule has 1 aromatic heterocycles. The van der Waals surface area contributed by atoms with Gasteiger partial charge in [0.1, 0.15) is 0 Å². The maximum absolute atomic E-state index is 13.8. The number of aromatic nitrogens is 1. The number of nitrogens with zero attached hydrogens (tertiary/aromatic N) is 1. The van der Waals surface area contributed by atoms with Gasteiger partial charge in [-0.3, -0.25) is 0 Å². The first kappa shape index (κ1) is 15.4. The zero-order valence-corrected chi connectivity index (χ0v) is 12.7. The van der Waals surface area contributed by atoms with Gasteiger partial charge in [-0.15, -0.1) is 0 Å². The second-order valence-corrected chi connectivity index (χ2v) is 4.97. The number of aryl methyl sites for hydroxylation is 2. The minimum absolute atomic E-state index is 0.213. The number of hydrogen-bond acceptors (Lipinski definition) is 3. The maximum atomic E-state index is 13.8. The van der Waals surface area contributed by atoms with Gasteiger partial charge in [-0.25, -0.2) is 9.37 Å². The molecule has 2 aromatic rings. The summed E-state index contributed by atoms with van der Waals surface area (Å²) in [6.45, 7) is 7.64. The third-order valence-electron chi connectivity index (χ3n) is 3.16. The SMILES string of the molecule is CCNCc1cc(CC)nc(Oc2cc(C)ccc2F)c1. The van der Waals surface area contributed by atoms with Gasteiger partial charge in [0.2, 0.25) is 5.88 Å². The lowest BCUT2D eigenvalue weighted by Crippen LogP contribution is -2.12. The van der Waals surface area contributed by atoms with Gasteiger partial charge in [-0.1, -0.05) is 19.9 Å². The summed E-state index contributed by atoms with van der Waals surface area (Å²) >= 11 is 0. The molecule has 4 heteroatoms. The molecule has 112 valence electrons. The Hall–Kier alpha value is -1.94. The highest BCUT2D eigenvalue weighted by Crippen LogP contribution is 2.25. The van der Waals surface area contributed by atoms with E-state index >= 15 is 0 Å². The summed E-state index contributed by atoms with van der Waals surface area (Å²) < 4.78 is 19.4. The van der Waals surface area contributed by atoms with E-state index in [4.69, 9.17) is 4.74 Å². The molecule has 3 nitrogen and oxygen atoms in total. The summed E-state index contributed by atoms with van der Waals surface area (Å²) in [4.78, 5) is 4.41. The monoisotopic (exact) mass is 288 g/mol. The van der Waals surface area contributed by atoms with E-state index in [9.17, 15) is 4.39 Å². The lowest BCUT2D eigenvalue weighted by molar-refractivity contribution is 0.425. The standard InChI is InChI=1S/C17H21FN2O/c1-4-14-9-13(11-19-5-2)10-17(20-14)21-16-8-12(3)6-7-15(16)18/h6-10,19H,4-5,11H2,1-3H3. The van der Waals surface area contributed by atoms with Gasteiger partial charge >= 0.3 is 0 Å². The number of ether oxygens (including phenoxy) is 1. The predicted molar refractivity (Wildman–Crippen MR) is 82.2 cm³/mol. The van der Waals surface area contributed by atoms with Crippen LogP contribution in [-0.2, 0) is 13.0 Å². The smallest absolute Gasteiger partial charge is 0.219 e. The first-order valence-electron chi connectivity index (χ1n) is 7.27. The average molecular weight is 288 g/mol. The van der Waals surface area contributed by atoms with E-state index in [2.05, 4.69) is 17.2 Å². The molecule has 0 spiro atoms. The molecule has 0 aliphatic rings. The van der Waals surface area contributed by atoms with Crippen LogP contribution in [0.5, 0.6) is 11.6 Å². The van der Waals surface area contributed by atoms with Crippen molar-refractivity contribution in [3.8, 4) is 11.6 Å². The van der Waals surface area contributed by atoms with Crippen molar-refractivity contribution >= 4 is 0 Å². The molecule has 0 saturated heterocycles. The normalized spacial score (nSPS) is 10.7. The number of rotatable bonds is 6. The Balaban J connectivity index is 2.27. The van der Waals surface area contributed by atoms with Crippen LogP contribution < -0.4 is 10.1 Å². The summed E-state index contributed by atoms with van der Waals surface area (Å²) in [5.41, 5.74) is 2.98. The highest BCUT2D eigenvalue weighted by molar-refractivity contribution is 5.34. The summed E-state index contributed by atoms with van der Waals surface area (Å²) in [6.07, 6.45) is 0.812. The van der Waals surface area contributed by atoms with Crippen molar-refractivity contribution in [3.63, 3.8) is 0 Å². The quantitative estimate of drug-likeness (QED) is 0.872. The van der Waals surface area contributed by atoms with E-state index in [1.54, 1.807) is 12.1 Å². The van der Waals surface area contributed by atoms with Crippen molar-refractivity contribution in [3.05, 3.63) is 53.0 Å². The van der Waals surface area contributed by atoms with Crippen molar-refractivity contribution in [1.29, 1.82) is 0 Å². The molecular formula is C17H21FN2O. The Morgan fingerprint density at radius 1 is 1.19 bits per heavy atom. The minimum atomic E-state index is -0.377. The van der Waals surface area contributed by atoms with Crippen LogP contribution in [0.25, 0.3) is 0 Å². The predicted octanol–water partition coefficient (Wildman–Crippen LogP) is 3.99. The molecular weight excluding hydrogens is 267 g/mol. The van der Waals surface area contributed by atoms with Crippen LogP contribution in [0.1, 0.15) is 30.7 Å². The van der Waals surface area contributed by atoms with Crippen molar-refractivity contribution in [2.45, 2.75) is 33.7 Å². The number of halogens is 1. The Morgan fingerprint density at radius 3 is 2.71 bits per heavy atom. The van der Waals surface area contributed by atoms with Gasteiger partial charge in [0.15, 0.2) is 11.6 Å². The Morgan fingerprint density at radius 2 is 2.00 bits per heavy atom. The largest absolute Gasteiger partial charge is 0.436 e. The molecule has 0 atom stereocenters. The van der Waals surface area contributed by atoms with E-state index < -0.39 is 0 Å². The first-order valence-corrected chi connectivity index (χ1v) is 7.27. The van der Waals surface area contributed by atoms with E-state index in [-0.39, 0.29) is 11.6 Å². The first-order chi connectivity index (χ1) is 10.1. The molecule has 0 bridgehead atoms. The minimum Gasteiger partial charge on any atom is -0.436 e. The van der Waals surface area contributed by atoms with E-state index in [0.717, 1.165) is 36.3 Å². The maximum Gasteiger partial charge on any atom is 0.219 e. The van der Waals surface area contributed by atoms with Crippen LogP contribution in [-0.4, -0.2) is 11.5 Å². The molecule has 2 rings (SSSR count). The summed E-state index contributed by atoms with van der Waals surface area (Å²) in [5.74, 6) is 0.273. The van der Waals surface area contributed by atoms with Crippen LogP contribution in [0.2, 0.25) is 0 Å². The molecule has 0 unspecified atom stereocenters. The van der Waals surface area contributed by atoms with Gasteiger partial charge < -0.3 is 10.1 Å². The fourth-order valence-corrected chi connectivity index (χ4v) is 2.03. The average Bonchev–Trinajstić information content (AvgIpc) is 2.48. The van der Waals surface area contributed by atoms with E-state index in [0.29, 0.717) is 5.88 Å². The van der Waals surface area contributed by atoms with Crippen LogP contribution in [0.15, 0.2) is 30.3 Å². The molecule has 21 heavy (non-hydrogen) atoms. The van der Waals surface area contributed by atoms with Crippen LogP contribution in [0, 0.1) is 12.7 Å². The van der Waals surface area contributed by atoms with Crippen LogP contribution >= 0.6 is 0 Å². The second-order valence-electron chi connectivity index (χ2n) is 4.97. The van der Waals surface area contributed by atoms with Crippen LogP contribution in [0.4, 0.5) is 4.39 Å². The molecule has 0 amide bonds. The summed E-state index contributed by atoms with van der Waals surface area (Å²) in [7, 11) is 0. The molecule has 0 aliphatic carbocycles. The Bertz CT molecular complexity index is 614. The molecule has 0 saturated carbocycles. The third-order valence-corrected chi connectivity index (χ3v) is 3.16. The highest BCUT2D eigenvalue weighted by Gasteiger charge is 2.08. The van der Waals surface area contributed by atoms with Crippen molar-refractivity contribution < 1.29 is 9.13 Å². The molecule has 0 fully saturated rings. The zero-order chi connectivity index (χ0) is 15.2. The van der Waals surface area contributed by atoms with Crippen LogP contribution in [0.3, 0.4) is 0 Å². The van der Waals surface area contributed by atoms with Crippen molar-refractivity contribution in [2.75, 3.05) is 6.54 Å². The highest BCUT2D eigenvalue weighted by atomic mass is 19.1. The van der Waals surface area contributed by atoms with Crippen molar-refractivity contribution in [1.82, 2.24) is 10.3 Å². The molecule has 1 N–H and O–H groups in total. The molecule has 0 radical (unpaired) electrons.